The van der Waals surface area contributed by atoms with Crippen molar-refractivity contribution in [2.24, 2.45) is 0 Å². The third-order valence-electron chi connectivity index (χ3n) is 2.27. The Balaban J connectivity index is 0.00000144. The number of hydrogen-bond acceptors (Lipinski definition) is 3. The van der Waals surface area contributed by atoms with Crippen LogP contribution >= 0.6 is 51.0 Å². The van der Waals surface area contributed by atoms with Gasteiger partial charge in [-0.3, -0.25) is 0 Å². The zero-order valence-corrected chi connectivity index (χ0v) is 13.6. The molecule has 0 radical (unpaired) electrons. The van der Waals surface area contributed by atoms with Crippen molar-refractivity contribution >= 4 is 51.0 Å². The summed E-state index contributed by atoms with van der Waals surface area (Å²) >= 11 is 7.17. The second-order valence-corrected chi connectivity index (χ2v) is 7.56. The normalized spacial score (nSPS) is 10.2. The van der Waals surface area contributed by atoms with Crippen molar-refractivity contribution in [2.45, 2.75) is 19.9 Å². The van der Waals surface area contributed by atoms with E-state index in [1.165, 1.54) is 18.4 Å². The summed E-state index contributed by atoms with van der Waals surface area (Å²) in [5.41, 5.74) is 0. The van der Waals surface area contributed by atoms with E-state index in [4.69, 9.17) is 0 Å². The minimum atomic E-state index is 0. The third kappa shape index (κ3) is 5.10. The first-order valence-corrected chi connectivity index (χ1v) is 7.67. The summed E-state index contributed by atoms with van der Waals surface area (Å²) < 4.78 is 1.22. The molecule has 0 bridgehead atoms. The lowest BCUT2D eigenvalue weighted by atomic mass is 10.3. The topological polar surface area (TPSA) is 12.0 Å². The van der Waals surface area contributed by atoms with Crippen molar-refractivity contribution in [1.82, 2.24) is 5.32 Å². The smallest absolute Gasteiger partial charge is 0.0701 e. The first-order chi connectivity index (χ1) is 7.74. The highest BCUT2D eigenvalue weighted by Gasteiger charge is 1.98. The van der Waals surface area contributed by atoms with Crippen LogP contribution in [0.25, 0.3) is 0 Å². The van der Waals surface area contributed by atoms with Crippen molar-refractivity contribution < 1.29 is 0 Å². The van der Waals surface area contributed by atoms with E-state index in [9.17, 15) is 0 Å². The second kappa shape index (κ2) is 7.54. The fraction of sp³-hybridized carbons (Fsp3) is 0.333. The summed E-state index contributed by atoms with van der Waals surface area (Å²) in [6.07, 6.45) is 1.11. The van der Waals surface area contributed by atoms with Crippen molar-refractivity contribution in [1.29, 1.82) is 0 Å². The summed E-state index contributed by atoms with van der Waals surface area (Å²) in [4.78, 5) is 4.24. The van der Waals surface area contributed by atoms with E-state index in [0.717, 1.165) is 19.5 Å². The standard InChI is InChI=1S/C12H14BrNS2.ClH/c1-9-2-3-11(15-9)8-14-7-6-10-4-5-12(13)16-10;/h2-5,14H,6-8H2,1H3;1H. The van der Waals surface area contributed by atoms with Gasteiger partial charge in [0, 0.05) is 27.7 Å². The fourth-order valence-electron chi connectivity index (χ4n) is 1.49. The number of aryl methyl sites for hydroxylation is 1. The molecule has 0 unspecified atom stereocenters. The monoisotopic (exact) mass is 351 g/mol. The van der Waals surface area contributed by atoms with Crippen molar-refractivity contribution in [3.05, 3.63) is 42.7 Å². The van der Waals surface area contributed by atoms with Gasteiger partial charge in [-0.15, -0.1) is 35.1 Å². The molecule has 2 aromatic heterocycles. The summed E-state index contributed by atoms with van der Waals surface area (Å²) in [6, 6.07) is 8.68. The van der Waals surface area contributed by atoms with Crippen LogP contribution < -0.4 is 5.32 Å². The number of halogens is 2. The van der Waals surface area contributed by atoms with Crippen LogP contribution in [0.5, 0.6) is 0 Å². The Bertz CT molecular complexity index is 411. The van der Waals surface area contributed by atoms with Gasteiger partial charge in [0.25, 0.3) is 0 Å². The average Bonchev–Trinajstić information content (AvgIpc) is 2.83. The van der Waals surface area contributed by atoms with Gasteiger partial charge in [0.05, 0.1) is 3.79 Å². The maximum atomic E-state index is 3.48. The summed E-state index contributed by atoms with van der Waals surface area (Å²) in [6.45, 7) is 4.19. The predicted octanol–water partition coefficient (Wildman–Crippen LogP) is 4.63. The van der Waals surface area contributed by atoms with Crippen LogP contribution in [0, 0.1) is 6.92 Å². The zero-order valence-electron chi connectivity index (χ0n) is 9.53. The van der Waals surface area contributed by atoms with E-state index in [1.54, 1.807) is 0 Å². The highest BCUT2D eigenvalue weighted by molar-refractivity contribution is 9.11. The van der Waals surface area contributed by atoms with E-state index in [-0.39, 0.29) is 12.4 Å². The highest BCUT2D eigenvalue weighted by atomic mass is 79.9. The molecule has 0 fully saturated rings. The van der Waals surface area contributed by atoms with Crippen LogP contribution in [0.3, 0.4) is 0 Å². The third-order valence-corrected chi connectivity index (χ3v) is 4.96. The van der Waals surface area contributed by atoms with Crippen LogP contribution in [0.1, 0.15) is 14.6 Å². The maximum Gasteiger partial charge on any atom is 0.0701 e. The lowest BCUT2D eigenvalue weighted by Crippen LogP contribution is -2.15. The van der Waals surface area contributed by atoms with Crippen molar-refractivity contribution in [2.75, 3.05) is 6.54 Å². The quantitative estimate of drug-likeness (QED) is 0.773. The van der Waals surface area contributed by atoms with Gasteiger partial charge in [-0.2, -0.15) is 0 Å². The van der Waals surface area contributed by atoms with Gasteiger partial charge >= 0.3 is 0 Å². The van der Waals surface area contributed by atoms with Crippen LogP contribution in [0.4, 0.5) is 0 Å². The minimum Gasteiger partial charge on any atom is -0.311 e. The summed E-state index contributed by atoms with van der Waals surface area (Å²) in [5, 5.41) is 3.47. The first kappa shape index (κ1) is 15.2. The van der Waals surface area contributed by atoms with Crippen molar-refractivity contribution in [3.8, 4) is 0 Å². The molecule has 5 heteroatoms. The molecule has 94 valence electrons. The first-order valence-electron chi connectivity index (χ1n) is 5.24. The van der Waals surface area contributed by atoms with Gasteiger partial charge in [0.2, 0.25) is 0 Å². The number of nitrogens with one attached hydrogen (secondary N) is 1. The molecule has 0 spiro atoms. The minimum absolute atomic E-state index is 0. The molecular formula is C12H15BrClNS2. The van der Waals surface area contributed by atoms with Gasteiger partial charge in [0.1, 0.15) is 0 Å². The molecule has 0 aliphatic carbocycles. The van der Waals surface area contributed by atoms with Gasteiger partial charge in [-0.25, -0.2) is 0 Å². The van der Waals surface area contributed by atoms with E-state index < -0.39 is 0 Å². The van der Waals surface area contributed by atoms with Gasteiger partial charge in [-0.1, -0.05) is 0 Å². The van der Waals surface area contributed by atoms with Gasteiger partial charge in [-0.05, 0) is 53.5 Å². The molecule has 0 saturated carbocycles. The Hall–Kier alpha value is 0.130. The SMILES string of the molecule is Cc1ccc(CNCCc2ccc(Br)s2)s1.Cl. The summed E-state index contributed by atoms with van der Waals surface area (Å²) in [7, 11) is 0. The van der Waals surface area contributed by atoms with Gasteiger partial charge < -0.3 is 5.32 Å². The molecule has 0 amide bonds. The Kier molecular flexibility index (Phi) is 6.74. The van der Waals surface area contributed by atoms with Crippen LogP contribution in [0.15, 0.2) is 28.1 Å². The van der Waals surface area contributed by atoms with Crippen LogP contribution in [0.2, 0.25) is 0 Å². The molecule has 0 aliphatic rings. The summed E-state index contributed by atoms with van der Waals surface area (Å²) in [5.74, 6) is 0. The van der Waals surface area contributed by atoms with E-state index in [0.29, 0.717) is 0 Å². The Labute approximate surface area is 125 Å². The molecule has 1 nitrogen and oxygen atoms in total. The van der Waals surface area contributed by atoms with E-state index in [1.807, 2.05) is 22.7 Å². The molecule has 17 heavy (non-hydrogen) atoms. The fourth-order valence-corrected chi connectivity index (χ4v) is 3.83. The lowest BCUT2D eigenvalue weighted by Gasteiger charge is -2.01. The molecule has 0 aliphatic heterocycles. The molecule has 0 aromatic carbocycles. The lowest BCUT2D eigenvalue weighted by molar-refractivity contribution is 0.697. The molecule has 2 rings (SSSR count). The molecule has 1 N–H and O–H groups in total. The van der Waals surface area contributed by atoms with Crippen LogP contribution in [-0.4, -0.2) is 6.54 Å². The van der Waals surface area contributed by atoms with Crippen LogP contribution in [-0.2, 0) is 13.0 Å². The predicted molar refractivity (Wildman–Crippen MR) is 83.7 cm³/mol. The molecule has 0 saturated heterocycles. The molecule has 2 heterocycles. The average molecular weight is 353 g/mol. The Morgan fingerprint density at radius 3 is 2.47 bits per heavy atom. The highest BCUT2D eigenvalue weighted by Crippen LogP contribution is 2.22. The number of rotatable bonds is 5. The van der Waals surface area contributed by atoms with Gasteiger partial charge in [0.15, 0.2) is 0 Å². The molecule has 2 aromatic rings. The maximum absolute atomic E-state index is 3.48. The zero-order chi connectivity index (χ0) is 11.4. The van der Waals surface area contributed by atoms with E-state index in [2.05, 4.69) is 52.4 Å². The number of hydrogen-bond donors (Lipinski definition) is 1. The Morgan fingerprint density at radius 1 is 1.12 bits per heavy atom. The number of thiophene rings is 2. The largest absolute Gasteiger partial charge is 0.311 e. The Morgan fingerprint density at radius 2 is 1.88 bits per heavy atom. The molecule has 0 atom stereocenters. The van der Waals surface area contributed by atoms with Crippen molar-refractivity contribution in [3.63, 3.8) is 0 Å². The second-order valence-electron chi connectivity index (χ2n) is 3.64. The van der Waals surface area contributed by atoms with E-state index >= 15 is 0 Å². The molecular weight excluding hydrogens is 338 g/mol.